The summed E-state index contributed by atoms with van der Waals surface area (Å²) in [6.45, 7) is 5.13. The molecule has 4 N–H and O–H groups in total. The highest BCUT2D eigenvalue weighted by atomic mass is 16.2. The molecule has 0 saturated carbocycles. The molecule has 10 nitrogen and oxygen atoms in total. The van der Waals surface area contributed by atoms with Gasteiger partial charge in [-0.15, -0.1) is 0 Å². The van der Waals surface area contributed by atoms with E-state index in [0.29, 0.717) is 12.4 Å². The van der Waals surface area contributed by atoms with Gasteiger partial charge in [0.2, 0.25) is 11.8 Å². The van der Waals surface area contributed by atoms with Crippen LogP contribution in [0.15, 0.2) is 30.7 Å². The molecule has 134 valence electrons. The summed E-state index contributed by atoms with van der Waals surface area (Å²) in [5, 5.41) is 14.3. The van der Waals surface area contributed by atoms with Crippen LogP contribution < -0.4 is 16.1 Å². The minimum Gasteiger partial charge on any atom is -0.281 e. The molecular formula is C15H22N8O2. The Bertz CT molecular complexity index is 691. The first kappa shape index (κ1) is 18.5. The maximum atomic E-state index is 12.1. The van der Waals surface area contributed by atoms with Crippen LogP contribution in [0.1, 0.15) is 32.3 Å². The second-order valence-electron chi connectivity index (χ2n) is 5.55. The molecule has 0 spiro atoms. The summed E-state index contributed by atoms with van der Waals surface area (Å²) < 4.78 is 0. The lowest BCUT2D eigenvalue weighted by Gasteiger charge is -2.41. The van der Waals surface area contributed by atoms with Gasteiger partial charge in [0.25, 0.3) is 0 Å². The van der Waals surface area contributed by atoms with Crippen molar-refractivity contribution in [2.45, 2.75) is 39.6 Å². The van der Waals surface area contributed by atoms with Crippen LogP contribution in [0.25, 0.3) is 0 Å². The molecular weight excluding hydrogens is 324 g/mol. The van der Waals surface area contributed by atoms with E-state index in [-0.39, 0.29) is 18.4 Å². The van der Waals surface area contributed by atoms with Gasteiger partial charge in [-0.1, -0.05) is 0 Å². The zero-order valence-corrected chi connectivity index (χ0v) is 14.4. The van der Waals surface area contributed by atoms with Gasteiger partial charge < -0.3 is 0 Å². The Kier molecular flexibility index (Phi) is 6.14. The van der Waals surface area contributed by atoms with Crippen LogP contribution in [0.4, 0.5) is 0 Å². The number of hydrogen-bond acceptors (Lipinski definition) is 7. The van der Waals surface area contributed by atoms with Crippen molar-refractivity contribution < 1.29 is 9.59 Å². The molecule has 2 heterocycles. The average Bonchev–Trinajstić information content (AvgIpc) is 3.10. The maximum Gasteiger partial charge on any atom is 0.240 e. The minimum absolute atomic E-state index is 0.288. The Labute approximate surface area is 145 Å². The van der Waals surface area contributed by atoms with Crippen molar-refractivity contribution in [3.05, 3.63) is 42.2 Å². The first-order valence-corrected chi connectivity index (χ1v) is 7.73. The monoisotopic (exact) mass is 346 g/mol. The van der Waals surface area contributed by atoms with E-state index >= 15 is 0 Å². The number of amides is 2. The van der Waals surface area contributed by atoms with E-state index in [1.165, 1.54) is 18.9 Å². The van der Waals surface area contributed by atoms with E-state index in [1.54, 1.807) is 31.6 Å². The molecule has 2 rings (SSSR count). The fourth-order valence-corrected chi connectivity index (χ4v) is 2.21. The largest absolute Gasteiger partial charge is 0.281 e. The average molecular weight is 346 g/mol. The predicted octanol–water partition coefficient (Wildman–Crippen LogP) is -0.348. The molecule has 0 radical (unpaired) electrons. The van der Waals surface area contributed by atoms with Gasteiger partial charge in [0.05, 0.1) is 6.54 Å². The summed E-state index contributed by atoms with van der Waals surface area (Å²) in [4.78, 5) is 31.9. The molecule has 0 aliphatic rings. The Hall–Kier alpha value is -2.85. The number of hydrogen-bond donors (Lipinski definition) is 4. The zero-order chi connectivity index (χ0) is 18.3. The van der Waals surface area contributed by atoms with Gasteiger partial charge in [0.1, 0.15) is 5.82 Å². The number of carbonyl (C=O) groups excluding carboxylic acids is 2. The van der Waals surface area contributed by atoms with Gasteiger partial charge in [-0.2, -0.15) is 5.10 Å². The van der Waals surface area contributed by atoms with Gasteiger partial charge in [-0.3, -0.25) is 30.7 Å². The predicted molar refractivity (Wildman–Crippen MR) is 89.0 cm³/mol. The van der Waals surface area contributed by atoms with E-state index in [1.807, 2.05) is 6.07 Å². The Morgan fingerprint density at radius 1 is 1.16 bits per heavy atom. The maximum absolute atomic E-state index is 12.1. The lowest BCUT2D eigenvalue weighted by atomic mass is 10.3. The number of hydrazine groups is 1. The molecule has 1 atom stereocenters. The summed E-state index contributed by atoms with van der Waals surface area (Å²) in [5.74, 6) is -1.22. The molecule has 25 heavy (non-hydrogen) atoms. The van der Waals surface area contributed by atoms with E-state index in [9.17, 15) is 9.59 Å². The molecule has 0 fully saturated rings. The standard InChI is InChI=1S/C15H22N8O2/c1-11(24)22-23(12(2)25)15(3,18-9-13-5-8-20-21-13)19-10-14-16-6-4-7-17-14/h4-8,18-19H,9-10H2,1-3H3,(H,20,21)(H,22,24). The number of rotatable bonds is 7. The Balaban J connectivity index is 2.17. The van der Waals surface area contributed by atoms with Crippen molar-refractivity contribution >= 4 is 11.8 Å². The molecule has 2 amide bonds. The fourth-order valence-electron chi connectivity index (χ4n) is 2.21. The first-order chi connectivity index (χ1) is 11.9. The van der Waals surface area contributed by atoms with Crippen molar-refractivity contribution in [2.24, 2.45) is 0 Å². The summed E-state index contributed by atoms with van der Waals surface area (Å²) in [6, 6.07) is 3.53. The van der Waals surface area contributed by atoms with Gasteiger partial charge >= 0.3 is 0 Å². The number of carbonyl (C=O) groups is 2. The Morgan fingerprint density at radius 2 is 1.84 bits per heavy atom. The summed E-state index contributed by atoms with van der Waals surface area (Å²) >= 11 is 0. The van der Waals surface area contributed by atoms with Crippen LogP contribution in [0.3, 0.4) is 0 Å². The van der Waals surface area contributed by atoms with Gasteiger partial charge in [0, 0.05) is 44.7 Å². The van der Waals surface area contributed by atoms with Crippen LogP contribution in [0, 0.1) is 0 Å². The van der Waals surface area contributed by atoms with Crippen LogP contribution in [0.2, 0.25) is 0 Å². The van der Waals surface area contributed by atoms with Crippen LogP contribution >= 0.6 is 0 Å². The third-order valence-corrected chi connectivity index (χ3v) is 3.42. The first-order valence-electron chi connectivity index (χ1n) is 7.73. The van der Waals surface area contributed by atoms with Crippen molar-refractivity contribution in [3.8, 4) is 0 Å². The highest BCUT2D eigenvalue weighted by Crippen LogP contribution is 2.09. The molecule has 0 bridgehead atoms. The quantitative estimate of drug-likeness (QED) is 0.398. The summed E-state index contributed by atoms with van der Waals surface area (Å²) in [7, 11) is 0. The molecule has 0 aliphatic carbocycles. The van der Waals surface area contributed by atoms with E-state index in [2.05, 4.69) is 36.2 Å². The molecule has 0 aromatic carbocycles. The van der Waals surface area contributed by atoms with Crippen LogP contribution in [0.5, 0.6) is 0 Å². The summed E-state index contributed by atoms with van der Waals surface area (Å²) in [5.41, 5.74) is 3.37. The molecule has 2 aromatic heterocycles. The fraction of sp³-hybridized carbons (Fsp3) is 0.400. The van der Waals surface area contributed by atoms with E-state index in [0.717, 1.165) is 5.69 Å². The lowest BCUT2D eigenvalue weighted by molar-refractivity contribution is -0.151. The third-order valence-electron chi connectivity index (χ3n) is 3.42. The van der Waals surface area contributed by atoms with Gasteiger partial charge in [0.15, 0.2) is 5.79 Å². The van der Waals surface area contributed by atoms with Gasteiger partial charge in [-0.25, -0.2) is 15.0 Å². The SMILES string of the molecule is CC(=O)NN(C(C)=O)C(C)(NCc1ncccn1)NCc1ccn[nH]1. The number of nitrogens with zero attached hydrogens (tertiary/aromatic N) is 4. The number of aromatic amines is 1. The summed E-state index contributed by atoms with van der Waals surface area (Å²) in [6.07, 6.45) is 4.90. The number of nitrogens with one attached hydrogen (secondary N) is 4. The van der Waals surface area contributed by atoms with E-state index < -0.39 is 5.79 Å². The van der Waals surface area contributed by atoms with Crippen LogP contribution in [-0.2, 0) is 22.7 Å². The van der Waals surface area contributed by atoms with Crippen molar-refractivity contribution in [1.82, 2.24) is 41.2 Å². The normalized spacial score (nSPS) is 13.1. The lowest BCUT2D eigenvalue weighted by Crippen LogP contribution is -2.70. The molecule has 10 heteroatoms. The molecule has 0 saturated heterocycles. The highest BCUT2D eigenvalue weighted by molar-refractivity contribution is 5.79. The van der Waals surface area contributed by atoms with Crippen LogP contribution in [-0.4, -0.2) is 42.8 Å². The highest BCUT2D eigenvalue weighted by Gasteiger charge is 2.34. The molecule has 2 aromatic rings. The second kappa shape index (κ2) is 8.31. The zero-order valence-electron chi connectivity index (χ0n) is 14.4. The van der Waals surface area contributed by atoms with Crippen molar-refractivity contribution in [1.29, 1.82) is 0 Å². The minimum atomic E-state index is -1.08. The second-order valence-corrected chi connectivity index (χ2v) is 5.55. The smallest absolute Gasteiger partial charge is 0.240 e. The topological polar surface area (TPSA) is 128 Å². The molecule has 1 unspecified atom stereocenters. The number of H-pyrrole nitrogens is 1. The third kappa shape index (κ3) is 5.33. The van der Waals surface area contributed by atoms with Gasteiger partial charge in [-0.05, 0) is 19.1 Å². The van der Waals surface area contributed by atoms with Crippen molar-refractivity contribution in [2.75, 3.05) is 0 Å². The van der Waals surface area contributed by atoms with E-state index in [4.69, 9.17) is 0 Å². The Morgan fingerprint density at radius 3 is 2.40 bits per heavy atom. The molecule has 0 aliphatic heterocycles. The van der Waals surface area contributed by atoms with Crippen molar-refractivity contribution in [3.63, 3.8) is 0 Å². The number of aromatic nitrogens is 4.